The van der Waals surface area contributed by atoms with Crippen LogP contribution >= 0.6 is 11.3 Å². The molecule has 2 heterocycles. The third-order valence-electron chi connectivity index (χ3n) is 3.27. The molecule has 3 N–H and O–H groups in total. The number of nitrogens with one attached hydrogen (secondary N) is 3. The van der Waals surface area contributed by atoms with Crippen molar-refractivity contribution in [3.8, 4) is 0 Å². The maximum Gasteiger partial charge on any atom is 0.261 e. The van der Waals surface area contributed by atoms with Crippen LogP contribution in [0, 0.1) is 6.92 Å². The number of carbonyl (C=O) groups is 2. The van der Waals surface area contributed by atoms with Gasteiger partial charge in [-0.25, -0.2) is 4.98 Å². The highest BCUT2D eigenvalue weighted by molar-refractivity contribution is 7.12. The summed E-state index contributed by atoms with van der Waals surface area (Å²) >= 11 is 1.37. The van der Waals surface area contributed by atoms with Crippen molar-refractivity contribution in [3.63, 3.8) is 0 Å². The third kappa shape index (κ3) is 3.75. The van der Waals surface area contributed by atoms with E-state index in [4.69, 9.17) is 0 Å². The molecule has 6 nitrogen and oxygen atoms in total. The number of benzene rings is 1. The molecule has 0 aliphatic carbocycles. The topological polar surface area (TPSA) is 86.9 Å². The molecule has 0 unspecified atom stereocenters. The molecule has 23 heavy (non-hydrogen) atoms. The number of H-pyrrole nitrogens is 1. The largest absolute Gasteiger partial charge is 0.351 e. The van der Waals surface area contributed by atoms with Crippen LogP contribution in [0.1, 0.15) is 21.9 Å². The van der Waals surface area contributed by atoms with Gasteiger partial charge in [0, 0.05) is 18.7 Å². The Hall–Kier alpha value is -2.67. The quantitative estimate of drug-likeness (QED) is 0.673. The molecule has 0 fully saturated rings. The number of thiophene rings is 1. The van der Waals surface area contributed by atoms with Crippen LogP contribution in [0.5, 0.6) is 0 Å². The first-order valence-corrected chi connectivity index (χ1v) is 8.08. The summed E-state index contributed by atoms with van der Waals surface area (Å²) in [5, 5.41) is 7.39. The Balaban J connectivity index is 1.51. The molecule has 0 atom stereocenters. The Labute approximate surface area is 136 Å². The van der Waals surface area contributed by atoms with Crippen molar-refractivity contribution in [2.75, 3.05) is 11.9 Å². The molecule has 0 aliphatic heterocycles. The van der Waals surface area contributed by atoms with Crippen molar-refractivity contribution in [1.29, 1.82) is 0 Å². The molecule has 1 aromatic carbocycles. The van der Waals surface area contributed by atoms with Crippen molar-refractivity contribution in [3.05, 3.63) is 46.4 Å². The normalized spacial score (nSPS) is 10.7. The number of fused-ring (bicyclic) bond motifs is 1. The lowest BCUT2D eigenvalue weighted by Gasteiger charge is -2.06. The average molecular weight is 328 g/mol. The second kappa shape index (κ2) is 6.62. The molecular formula is C16H16N4O2S. The average Bonchev–Trinajstić information content (AvgIpc) is 3.15. The summed E-state index contributed by atoms with van der Waals surface area (Å²) in [4.78, 5) is 31.8. The van der Waals surface area contributed by atoms with Gasteiger partial charge in [-0.2, -0.15) is 0 Å². The molecule has 0 saturated heterocycles. The smallest absolute Gasteiger partial charge is 0.261 e. The number of aromatic nitrogens is 2. The van der Waals surface area contributed by atoms with Gasteiger partial charge in [0.2, 0.25) is 5.91 Å². The first-order valence-electron chi connectivity index (χ1n) is 7.20. The number of imidazole rings is 1. The highest BCUT2D eigenvalue weighted by Gasteiger charge is 2.08. The third-order valence-corrected chi connectivity index (χ3v) is 4.14. The molecule has 2 amide bonds. The number of amides is 2. The second-order valence-corrected chi connectivity index (χ2v) is 6.03. The number of hydrogen-bond donors (Lipinski definition) is 3. The van der Waals surface area contributed by atoms with Crippen LogP contribution in [-0.4, -0.2) is 28.3 Å². The fourth-order valence-electron chi connectivity index (χ4n) is 2.22. The molecule has 0 aliphatic rings. The van der Waals surface area contributed by atoms with Crippen LogP contribution < -0.4 is 10.6 Å². The molecule has 3 aromatic rings. The number of aryl methyl sites for hydroxylation is 1. The molecular weight excluding hydrogens is 312 g/mol. The van der Waals surface area contributed by atoms with Crippen molar-refractivity contribution in [1.82, 2.24) is 15.3 Å². The van der Waals surface area contributed by atoms with Crippen LogP contribution in [0.4, 0.5) is 5.69 Å². The highest BCUT2D eigenvalue weighted by atomic mass is 32.1. The lowest BCUT2D eigenvalue weighted by atomic mass is 10.2. The van der Waals surface area contributed by atoms with E-state index in [9.17, 15) is 9.59 Å². The molecule has 0 saturated carbocycles. The van der Waals surface area contributed by atoms with Crippen molar-refractivity contribution in [2.24, 2.45) is 0 Å². The minimum Gasteiger partial charge on any atom is -0.351 e. The van der Waals surface area contributed by atoms with E-state index in [1.165, 1.54) is 11.3 Å². The Kier molecular flexibility index (Phi) is 4.38. The Morgan fingerprint density at radius 2 is 2.17 bits per heavy atom. The number of aromatic amines is 1. The first-order chi connectivity index (χ1) is 11.1. The number of carbonyl (C=O) groups excluding carboxylic acids is 2. The number of nitrogens with zero attached hydrogens (tertiary/aromatic N) is 1. The SMILES string of the molecule is Cc1nc2ccc(NC(=O)CCNC(=O)c3cccs3)cc2[nH]1. The maximum atomic E-state index is 11.9. The summed E-state index contributed by atoms with van der Waals surface area (Å²) in [5.74, 6) is 0.536. The summed E-state index contributed by atoms with van der Waals surface area (Å²) in [6.07, 6.45) is 0.219. The van der Waals surface area contributed by atoms with Crippen LogP contribution in [0.15, 0.2) is 35.7 Å². The van der Waals surface area contributed by atoms with Gasteiger partial charge in [-0.3, -0.25) is 9.59 Å². The predicted molar refractivity (Wildman–Crippen MR) is 90.7 cm³/mol. The van der Waals surface area contributed by atoms with Crippen LogP contribution in [0.2, 0.25) is 0 Å². The Morgan fingerprint density at radius 1 is 1.30 bits per heavy atom. The van der Waals surface area contributed by atoms with E-state index in [0.717, 1.165) is 16.9 Å². The number of rotatable bonds is 5. The molecule has 2 aromatic heterocycles. The fourth-order valence-corrected chi connectivity index (χ4v) is 2.86. The molecule has 7 heteroatoms. The maximum absolute atomic E-state index is 11.9. The number of hydrogen-bond acceptors (Lipinski definition) is 4. The summed E-state index contributed by atoms with van der Waals surface area (Å²) in [6.45, 7) is 2.18. The second-order valence-electron chi connectivity index (χ2n) is 5.09. The van der Waals surface area contributed by atoms with E-state index in [0.29, 0.717) is 17.1 Å². The minimum absolute atomic E-state index is 0.146. The van der Waals surface area contributed by atoms with Gasteiger partial charge in [0.25, 0.3) is 5.91 Å². The summed E-state index contributed by atoms with van der Waals surface area (Å²) < 4.78 is 0. The van der Waals surface area contributed by atoms with Crippen molar-refractivity contribution >= 4 is 39.9 Å². The zero-order valence-corrected chi connectivity index (χ0v) is 13.4. The van der Waals surface area contributed by atoms with Gasteiger partial charge in [0.05, 0.1) is 15.9 Å². The van der Waals surface area contributed by atoms with Crippen LogP contribution in [0.3, 0.4) is 0 Å². The lowest BCUT2D eigenvalue weighted by Crippen LogP contribution is -2.27. The Bertz CT molecular complexity index is 839. The van der Waals surface area contributed by atoms with E-state index in [2.05, 4.69) is 20.6 Å². The van der Waals surface area contributed by atoms with E-state index in [1.54, 1.807) is 6.07 Å². The monoisotopic (exact) mass is 328 g/mol. The van der Waals surface area contributed by atoms with Crippen molar-refractivity contribution < 1.29 is 9.59 Å². The standard InChI is InChI=1S/C16H16N4O2S/c1-10-18-12-5-4-11(9-13(12)19-10)20-15(21)6-7-17-16(22)14-3-2-8-23-14/h2-5,8-9H,6-7H2,1H3,(H,17,22)(H,18,19)(H,20,21). The van der Waals surface area contributed by atoms with Crippen molar-refractivity contribution in [2.45, 2.75) is 13.3 Å². The molecule has 3 rings (SSSR count). The zero-order chi connectivity index (χ0) is 16.2. The molecule has 0 spiro atoms. The molecule has 118 valence electrons. The Morgan fingerprint density at radius 3 is 2.96 bits per heavy atom. The van der Waals surface area contributed by atoms with E-state index < -0.39 is 0 Å². The van der Waals surface area contributed by atoms with Crippen LogP contribution in [-0.2, 0) is 4.79 Å². The van der Waals surface area contributed by atoms with Gasteiger partial charge in [-0.1, -0.05) is 6.07 Å². The minimum atomic E-state index is -0.151. The highest BCUT2D eigenvalue weighted by Crippen LogP contribution is 2.17. The zero-order valence-electron chi connectivity index (χ0n) is 12.6. The van der Waals surface area contributed by atoms with Gasteiger partial charge < -0.3 is 15.6 Å². The molecule has 0 bridgehead atoms. The van der Waals surface area contributed by atoms with E-state index >= 15 is 0 Å². The van der Waals surface area contributed by atoms with E-state index in [1.807, 2.05) is 36.6 Å². The number of anilines is 1. The summed E-state index contributed by atoms with van der Waals surface area (Å²) in [6, 6.07) is 9.08. The predicted octanol–water partition coefficient (Wildman–Crippen LogP) is 2.69. The summed E-state index contributed by atoms with van der Waals surface area (Å²) in [7, 11) is 0. The van der Waals surface area contributed by atoms with Gasteiger partial charge in [-0.05, 0) is 36.6 Å². The molecule has 0 radical (unpaired) electrons. The van der Waals surface area contributed by atoms with Gasteiger partial charge in [-0.15, -0.1) is 11.3 Å². The van der Waals surface area contributed by atoms with Crippen LogP contribution in [0.25, 0.3) is 11.0 Å². The summed E-state index contributed by atoms with van der Waals surface area (Å²) in [5.41, 5.74) is 2.45. The fraction of sp³-hybridized carbons (Fsp3) is 0.188. The van der Waals surface area contributed by atoms with Gasteiger partial charge in [0.15, 0.2) is 0 Å². The van der Waals surface area contributed by atoms with E-state index in [-0.39, 0.29) is 18.2 Å². The van der Waals surface area contributed by atoms with Gasteiger partial charge >= 0.3 is 0 Å². The first kappa shape index (κ1) is 15.2. The van der Waals surface area contributed by atoms with Gasteiger partial charge in [0.1, 0.15) is 5.82 Å². The lowest BCUT2D eigenvalue weighted by molar-refractivity contribution is -0.116.